The van der Waals surface area contributed by atoms with Crippen LogP contribution in [0.1, 0.15) is 47.5 Å². The molecule has 1 N–H and O–H groups in total. The van der Waals surface area contributed by atoms with E-state index in [4.69, 9.17) is 4.74 Å². The van der Waals surface area contributed by atoms with Crippen LogP contribution >= 0.6 is 0 Å². The third-order valence-electron chi connectivity index (χ3n) is 6.29. The van der Waals surface area contributed by atoms with Crippen LogP contribution in [0.3, 0.4) is 0 Å². The van der Waals surface area contributed by atoms with Gasteiger partial charge in [0.1, 0.15) is 0 Å². The topological polar surface area (TPSA) is 77.4 Å². The zero-order valence-corrected chi connectivity index (χ0v) is 18.1. The Morgan fingerprint density at radius 3 is 2.42 bits per heavy atom. The van der Waals surface area contributed by atoms with Crippen molar-refractivity contribution in [2.75, 3.05) is 19.8 Å². The summed E-state index contributed by atoms with van der Waals surface area (Å²) in [5.41, 5.74) is 2.20. The molecule has 2 aliphatic rings. The molecular weight excluding hydrogens is 412 g/mol. The molecule has 1 saturated carbocycles. The number of ether oxygens (including phenoxy) is 1. The van der Waals surface area contributed by atoms with Crippen LogP contribution in [0.2, 0.25) is 0 Å². The van der Waals surface area contributed by atoms with Gasteiger partial charge >= 0.3 is 0 Å². The number of hydrogen-bond acceptors (Lipinski definition) is 4. The van der Waals surface area contributed by atoms with Crippen LogP contribution in [0.5, 0.6) is 0 Å². The van der Waals surface area contributed by atoms with Crippen LogP contribution in [0.4, 0.5) is 0 Å². The van der Waals surface area contributed by atoms with Crippen molar-refractivity contribution in [3.8, 4) is 0 Å². The largest absolute Gasteiger partial charge is 0.381 e. The lowest BCUT2D eigenvalue weighted by atomic mass is 9.91. The predicted molar refractivity (Wildman–Crippen MR) is 119 cm³/mol. The SMILES string of the molecule is O=C(NCC1CC1)c1ccc(S(=O)(=O)n2cc(C3CCOCC3)c3ccccc32)cc1. The van der Waals surface area contributed by atoms with Crippen molar-refractivity contribution < 1.29 is 17.9 Å². The van der Waals surface area contributed by atoms with Gasteiger partial charge in [-0.3, -0.25) is 4.79 Å². The Labute approximate surface area is 182 Å². The highest BCUT2D eigenvalue weighted by atomic mass is 32.2. The molecule has 5 rings (SSSR count). The van der Waals surface area contributed by atoms with Crippen LogP contribution in [0.25, 0.3) is 10.9 Å². The van der Waals surface area contributed by atoms with Crippen LogP contribution in [-0.2, 0) is 14.8 Å². The number of carbonyl (C=O) groups excluding carboxylic acids is 1. The minimum Gasteiger partial charge on any atom is -0.381 e. The molecule has 1 aromatic heterocycles. The van der Waals surface area contributed by atoms with Gasteiger partial charge in [0.25, 0.3) is 15.9 Å². The maximum atomic E-state index is 13.5. The van der Waals surface area contributed by atoms with Crippen molar-refractivity contribution >= 4 is 26.8 Å². The third-order valence-corrected chi connectivity index (χ3v) is 7.98. The van der Waals surface area contributed by atoms with Gasteiger partial charge in [0.15, 0.2) is 0 Å². The molecule has 1 saturated heterocycles. The minimum absolute atomic E-state index is 0.163. The summed E-state index contributed by atoms with van der Waals surface area (Å²) in [7, 11) is -3.79. The fraction of sp³-hybridized carbons (Fsp3) is 0.375. The van der Waals surface area contributed by atoms with E-state index in [1.54, 1.807) is 18.3 Å². The van der Waals surface area contributed by atoms with E-state index in [1.807, 2.05) is 24.3 Å². The second-order valence-electron chi connectivity index (χ2n) is 8.47. The van der Waals surface area contributed by atoms with E-state index in [0.29, 0.717) is 36.8 Å². The number of para-hydroxylation sites is 1. The van der Waals surface area contributed by atoms with E-state index in [2.05, 4.69) is 5.32 Å². The standard InChI is InChI=1S/C24H26N2O4S/c27-24(25-15-17-5-6-17)19-7-9-20(10-8-19)31(28,29)26-16-22(18-11-13-30-14-12-18)21-3-1-2-4-23(21)26/h1-4,7-10,16-18H,5-6,11-15H2,(H,25,27). The summed E-state index contributed by atoms with van der Waals surface area (Å²) in [4.78, 5) is 12.5. The molecule has 1 amide bonds. The number of rotatable bonds is 6. The van der Waals surface area contributed by atoms with Crippen molar-refractivity contribution in [2.24, 2.45) is 5.92 Å². The van der Waals surface area contributed by atoms with Gasteiger partial charge in [-0.05, 0) is 73.4 Å². The normalized spacial score (nSPS) is 17.7. The van der Waals surface area contributed by atoms with Crippen LogP contribution in [0.15, 0.2) is 59.6 Å². The summed E-state index contributed by atoms with van der Waals surface area (Å²) >= 11 is 0. The van der Waals surface area contributed by atoms with E-state index >= 15 is 0 Å². The molecule has 1 aliphatic carbocycles. The Hall–Kier alpha value is -2.64. The lowest BCUT2D eigenvalue weighted by Gasteiger charge is -2.21. The first-order valence-electron chi connectivity index (χ1n) is 10.9. The molecule has 162 valence electrons. The van der Waals surface area contributed by atoms with Crippen molar-refractivity contribution in [1.82, 2.24) is 9.29 Å². The average molecular weight is 439 g/mol. The number of fused-ring (bicyclic) bond motifs is 1. The van der Waals surface area contributed by atoms with Crippen LogP contribution in [0, 0.1) is 5.92 Å². The smallest absolute Gasteiger partial charge is 0.268 e. The molecule has 31 heavy (non-hydrogen) atoms. The first kappa shape index (κ1) is 20.3. The van der Waals surface area contributed by atoms with Crippen LogP contribution in [-0.4, -0.2) is 38.1 Å². The predicted octanol–water partition coefficient (Wildman–Crippen LogP) is 3.91. The van der Waals surface area contributed by atoms with Crippen molar-refractivity contribution in [2.45, 2.75) is 36.5 Å². The Morgan fingerprint density at radius 2 is 1.71 bits per heavy atom. The first-order chi connectivity index (χ1) is 15.0. The number of nitrogens with zero attached hydrogens (tertiary/aromatic N) is 1. The molecule has 0 radical (unpaired) electrons. The van der Waals surface area contributed by atoms with Crippen molar-refractivity contribution in [3.63, 3.8) is 0 Å². The minimum atomic E-state index is -3.79. The fourth-order valence-electron chi connectivity index (χ4n) is 4.26. The lowest BCUT2D eigenvalue weighted by Crippen LogP contribution is -2.25. The van der Waals surface area contributed by atoms with Gasteiger partial charge in [-0.15, -0.1) is 0 Å². The number of aromatic nitrogens is 1. The van der Waals surface area contributed by atoms with Gasteiger partial charge in [0.2, 0.25) is 0 Å². The Balaban J connectivity index is 1.46. The molecule has 6 nitrogen and oxygen atoms in total. The second-order valence-corrected chi connectivity index (χ2v) is 10.3. The van der Waals surface area contributed by atoms with E-state index in [-0.39, 0.29) is 16.7 Å². The molecule has 1 aliphatic heterocycles. The van der Waals surface area contributed by atoms with Gasteiger partial charge in [0, 0.05) is 36.9 Å². The lowest BCUT2D eigenvalue weighted by molar-refractivity contribution is 0.0856. The summed E-state index contributed by atoms with van der Waals surface area (Å²) < 4.78 is 33.8. The molecule has 3 aromatic rings. The number of amides is 1. The highest BCUT2D eigenvalue weighted by Gasteiger charge is 2.26. The fourth-order valence-corrected chi connectivity index (χ4v) is 5.64. The quantitative estimate of drug-likeness (QED) is 0.633. The van der Waals surface area contributed by atoms with Gasteiger partial charge < -0.3 is 10.1 Å². The number of carbonyl (C=O) groups is 1. The number of hydrogen-bond donors (Lipinski definition) is 1. The molecule has 0 bridgehead atoms. The molecule has 0 unspecified atom stereocenters. The summed E-state index contributed by atoms with van der Waals surface area (Å²) in [5.74, 6) is 0.715. The second kappa shape index (κ2) is 8.13. The van der Waals surface area contributed by atoms with Gasteiger partial charge in [-0.2, -0.15) is 0 Å². The van der Waals surface area contributed by atoms with Crippen LogP contribution < -0.4 is 5.32 Å². The van der Waals surface area contributed by atoms with E-state index in [9.17, 15) is 13.2 Å². The molecule has 2 heterocycles. The molecular formula is C24H26N2O4S. The molecule has 2 fully saturated rings. The monoisotopic (exact) mass is 438 g/mol. The number of benzene rings is 2. The van der Waals surface area contributed by atoms with E-state index < -0.39 is 10.0 Å². The summed E-state index contributed by atoms with van der Waals surface area (Å²) in [6.45, 7) is 2.08. The van der Waals surface area contributed by atoms with Gasteiger partial charge in [-0.25, -0.2) is 12.4 Å². The van der Waals surface area contributed by atoms with E-state index in [0.717, 1.165) is 36.6 Å². The number of nitrogens with one attached hydrogen (secondary N) is 1. The summed E-state index contributed by atoms with van der Waals surface area (Å²) in [6, 6.07) is 13.8. The van der Waals surface area contributed by atoms with Gasteiger partial charge in [-0.1, -0.05) is 18.2 Å². The zero-order chi connectivity index (χ0) is 21.4. The maximum Gasteiger partial charge on any atom is 0.268 e. The molecule has 2 aromatic carbocycles. The maximum absolute atomic E-state index is 13.5. The van der Waals surface area contributed by atoms with E-state index in [1.165, 1.54) is 16.1 Å². The molecule has 0 spiro atoms. The third kappa shape index (κ3) is 4.00. The highest BCUT2D eigenvalue weighted by molar-refractivity contribution is 7.90. The first-order valence-corrected chi connectivity index (χ1v) is 12.3. The summed E-state index contributed by atoms with van der Waals surface area (Å²) in [5, 5.41) is 3.88. The Morgan fingerprint density at radius 1 is 1.00 bits per heavy atom. The Bertz CT molecular complexity index is 1200. The highest BCUT2D eigenvalue weighted by Crippen LogP contribution is 2.35. The summed E-state index contributed by atoms with van der Waals surface area (Å²) in [6.07, 6.45) is 5.88. The van der Waals surface area contributed by atoms with Gasteiger partial charge in [0.05, 0.1) is 10.4 Å². The van der Waals surface area contributed by atoms with Crippen molar-refractivity contribution in [1.29, 1.82) is 0 Å². The van der Waals surface area contributed by atoms with Crippen molar-refractivity contribution in [3.05, 3.63) is 65.9 Å². The average Bonchev–Trinajstić information content (AvgIpc) is 3.56. The molecule has 0 atom stereocenters. The molecule has 7 heteroatoms. The Kier molecular flexibility index (Phi) is 5.32. The zero-order valence-electron chi connectivity index (χ0n) is 17.3.